The van der Waals surface area contributed by atoms with Gasteiger partial charge in [0.05, 0.1) is 14.8 Å². The van der Waals surface area contributed by atoms with Gasteiger partial charge in [0.15, 0.2) is 5.58 Å². The minimum atomic E-state index is -4.85. The van der Waals surface area contributed by atoms with Gasteiger partial charge in [-0.3, -0.25) is 0 Å². The smallest absolute Gasteiger partial charge is 0.459 e. The molecule has 1 N–H and O–H groups in total. The van der Waals surface area contributed by atoms with Gasteiger partial charge in [-0.2, -0.15) is 0 Å². The van der Waals surface area contributed by atoms with Crippen LogP contribution in [0.5, 0.6) is 5.75 Å². The Morgan fingerprint density at radius 2 is 1.82 bits per heavy atom. The fourth-order valence-corrected chi connectivity index (χ4v) is 4.79. The molecule has 2 aromatic carbocycles. The Morgan fingerprint density at radius 3 is 2.50 bits per heavy atom. The summed E-state index contributed by atoms with van der Waals surface area (Å²) in [5.74, 6) is 0.258. The molecule has 1 aliphatic rings. The van der Waals surface area contributed by atoms with Crippen molar-refractivity contribution in [2.45, 2.75) is 29.1 Å². The summed E-state index contributed by atoms with van der Waals surface area (Å²) in [7, 11) is -4.00. The van der Waals surface area contributed by atoms with E-state index in [9.17, 15) is 21.6 Å². The van der Waals surface area contributed by atoms with Gasteiger partial charge in [-0.05, 0) is 36.4 Å². The van der Waals surface area contributed by atoms with E-state index < -0.39 is 21.9 Å². The molecule has 2 heterocycles. The summed E-state index contributed by atoms with van der Waals surface area (Å²) < 4.78 is 72.2. The van der Waals surface area contributed by atoms with Gasteiger partial charge < -0.3 is 14.5 Å². The van der Waals surface area contributed by atoms with Gasteiger partial charge in [0.25, 0.3) is 0 Å². The predicted octanol–water partition coefficient (Wildman–Crippen LogP) is 4.46. The number of rotatable bonds is 3. The molecule has 1 aliphatic heterocycles. The molecule has 1 aromatic heterocycles. The van der Waals surface area contributed by atoms with E-state index >= 15 is 0 Å². The van der Waals surface area contributed by atoms with Crippen LogP contribution in [0, 0.1) is 0 Å². The topological polar surface area (TPSA) is 68.5 Å². The maximum absolute atomic E-state index is 12.9. The molecule has 0 bridgehead atoms. The monoisotopic (exact) mass is 431 g/mol. The number of fused-ring (bicyclic) bond motifs is 3. The summed E-state index contributed by atoms with van der Waals surface area (Å²) in [6.45, 7) is 1.29. The Bertz CT molecular complexity index is 1150. The van der Waals surface area contributed by atoms with Crippen molar-refractivity contribution >= 4 is 32.4 Å². The highest BCUT2D eigenvalue weighted by Gasteiger charge is 2.31. The molecule has 0 fully saturated rings. The van der Waals surface area contributed by atoms with Crippen molar-refractivity contribution in [1.29, 1.82) is 0 Å². The highest BCUT2D eigenvalue weighted by Crippen LogP contribution is 2.37. The summed E-state index contributed by atoms with van der Waals surface area (Å²) in [5.41, 5.74) is 1.28. The second kappa shape index (κ2) is 6.68. The fourth-order valence-electron chi connectivity index (χ4n) is 3.15. The third-order valence-electron chi connectivity index (χ3n) is 4.41. The first-order chi connectivity index (χ1) is 13.1. The van der Waals surface area contributed by atoms with Crippen LogP contribution in [-0.4, -0.2) is 21.3 Å². The molecule has 10 heteroatoms. The van der Waals surface area contributed by atoms with Gasteiger partial charge in [-0.15, -0.1) is 13.2 Å². The molecule has 0 saturated carbocycles. The zero-order valence-electron chi connectivity index (χ0n) is 14.1. The Kier molecular flexibility index (Phi) is 4.56. The van der Waals surface area contributed by atoms with E-state index in [1.54, 1.807) is 0 Å². The lowest BCUT2D eigenvalue weighted by Gasteiger charge is -2.11. The van der Waals surface area contributed by atoms with Gasteiger partial charge in [0.1, 0.15) is 11.5 Å². The van der Waals surface area contributed by atoms with E-state index in [-0.39, 0.29) is 14.8 Å². The van der Waals surface area contributed by atoms with Crippen LogP contribution >= 0.6 is 11.6 Å². The third kappa shape index (κ3) is 3.45. The van der Waals surface area contributed by atoms with Crippen molar-refractivity contribution in [2.75, 3.05) is 6.54 Å². The fraction of sp³-hybridized carbons (Fsp3) is 0.222. The van der Waals surface area contributed by atoms with Crippen LogP contribution in [0.1, 0.15) is 11.3 Å². The normalized spacial score (nSPS) is 14.9. The molecule has 3 aromatic rings. The van der Waals surface area contributed by atoms with Crippen molar-refractivity contribution in [3.8, 4) is 5.75 Å². The van der Waals surface area contributed by atoms with Crippen LogP contribution in [-0.2, 0) is 22.8 Å². The largest absolute Gasteiger partial charge is 0.573 e. The van der Waals surface area contributed by atoms with E-state index in [2.05, 4.69) is 10.1 Å². The van der Waals surface area contributed by atoms with Crippen molar-refractivity contribution in [3.05, 3.63) is 52.7 Å². The summed E-state index contributed by atoms with van der Waals surface area (Å²) in [6.07, 6.45) is -4.18. The zero-order chi connectivity index (χ0) is 20.1. The number of nitrogens with one attached hydrogen (secondary N) is 1. The van der Waals surface area contributed by atoms with E-state index in [4.69, 9.17) is 16.0 Å². The number of hydrogen-bond donors (Lipinski definition) is 1. The molecule has 148 valence electrons. The van der Waals surface area contributed by atoms with E-state index in [0.29, 0.717) is 23.9 Å². The van der Waals surface area contributed by atoms with Crippen LogP contribution in [0.4, 0.5) is 13.2 Å². The summed E-state index contributed by atoms with van der Waals surface area (Å²) in [6, 6.07) is 6.77. The number of benzene rings is 2. The minimum absolute atomic E-state index is 0.0661. The summed E-state index contributed by atoms with van der Waals surface area (Å²) in [4.78, 5) is -0.239. The third-order valence-corrected chi connectivity index (χ3v) is 6.44. The average molecular weight is 432 g/mol. The number of sulfone groups is 1. The molecule has 0 radical (unpaired) electrons. The molecule has 0 saturated heterocycles. The second-order valence-corrected chi connectivity index (χ2v) is 8.59. The van der Waals surface area contributed by atoms with E-state index in [0.717, 1.165) is 42.1 Å². The Balaban J connectivity index is 1.76. The lowest BCUT2D eigenvalue weighted by molar-refractivity contribution is -0.274. The highest BCUT2D eigenvalue weighted by atomic mass is 35.5. The average Bonchev–Trinajstić information content (AvgIpc) is 3.00. The Morgan fingerprint density at radius 1 is 1.11 bits per heavy atom. The first kappa shape index (κ1) is 19.1. The number of halogens is 4. The Hall–Kier alpha value is -2.23. The molecular formula is C18H13ClF3NO4S. The molecule has 0 unspecified atom stereocenters. The van der Waals surface area contributed by atoms with Crippen LogP contribution < -0.4 is 10.1 Å². The highest BCUT2D eigenvalue weighted by molar-refractivity contribution is 7.91. The number of hydrogen-bond acceptors (Lipinski definition) is 5. The first-order valence-corrected chi connectivity index (χ1v) is 10.1. The van der Waals surface area contributed by atoms with Gasteiger partial charge >= 0.3 is 6.36 Å². The maximum atomic E-state index is 12.9. The molecule has 0 amide bonds. The maximum Gasteiger partial charge on any atom is 0.573 e. The van der Waals surface area contributed by atoms with Gasteiger partial charge in [0, 0.05) is 30.5 Å². The summed E-state index contributed by atoms with van der Waals surface area (Å²) >= 11 is 6.25. The van der Waals surface area contributed by atoms with E-state index in [1.165, 1.54) is 12.1 Å². The molecular weight excluding hydrogens is 419 g/mol. The lowest BCUT2D eigenvalue weighted by atomic mass is 10.1. The van der Waals surface area contributed by atoms with Crippen LogP contribution in [0.2, 0.25) is 5.02 Å². The van der Waals surface area contributed by atoms with Gasteiger partial charge in [-0.25, -0.2) is 8.42 Å². The van der Waals surface area contributed by atoms with Crippen molar-refractivity contribution in [2.24, 2.45) is 0 Å². The molecule has 0 spiro atoms. The SMILES string of the molecule is O=S(=O)(c1ccc(OC(F)(F)F)cc1)c1cc(Cl)c2oc3c(c2c1)CNCC3. The second-order valence-electron chi connectivity index (χ2n) is 6.23. The number of furan rings is 1. The number of ether oxygens (including phenoxy) is 1. The molecule has 4 rings (SSSR count). The van der Waals surface area contributed by atoms with Crippen LogP contribution in [0.15, 0.2) is 50.6 Å². The van der Waals surface area contributed by atoms with Gasteiger partial charge in [-0.1, -0.05) is 11.6 Å². The molecule has 28 heavy (non-hydrogen) atoms. The molecule has 0 aliphatic carbocycles. The molecule has 5 nitrogen and oxygen atoms in total. The van der Waals surface area contributed by atoms with Crippen LogP contribution in [0.3, 0.4) is 0 Å². The van der Waals surface area contributed by atoms with Crippen LogP contribution in [0.25, 0.3) is 11.0 Å². The van der Waals surface area contributed by atoms with Crippen molar-refractivity contribution in [3.63, 3.8) is 0 Å². The van der Waals surface area contributed by atoms with Gasteiger partial charge in [0.2, 0.25) is 9.84 Å². The summed E-state index contributed by atoms with van der Waals surface area (Å²) in [5, 5.41) is 3.95. The molecule has 0 atom stereocenters. The lowest BCUT2D eigenvalue weighted by Crippen LogP contribution is -2.22. The first-order valence-electron chi connectivity index (χ1n) is 8.20. The Labute approximate surface area is 163 Å². The minimum Gasteiger partial charge on any atom is -0.459 e. The number of alkyl halides is 3. The quantitative estimate of drug-likeness (QED) is 0.663. The predicted molar refractivity (Wildman–Crippen MR) is 95.2 cm³/mol. The van der Waals surface area contributed by atoms with E-state index in [1.807, 2.05) is 0 Å². The van der Waals surface area contributed by atoms with Crippen molar-refractivity contribution in [1.82, 2.24) is 5.32 Å². The van der Waals surface area contributed by atoms with Crippen molar-refractivity contribution < 1.29 is 30.7 Å². The standard InChI is InChI=1S/C18H13ClF3NO4S/c19-15-8-12(7-13-14-9-23-6-5-16(14)26-17(13)15)28(24,25)11-3-1-10(2-4-11)27-18(20,21)22/h1-4,7-8,23H,5-6,9H2. The zero-order valence-corrected chi connectivity index (χ0v) is 15.7.